The van der Waals surface area contributed by atoms with Crippen LogP contribution in [0.2, 0.25) is 0 Å². The highest BCUT2D eigenvalue weighted by Gasteiger charge is 2.08. The fourth-order valence-corrected chi connectivity index (χ4v) is 2.24. The number of aryl methyl sites for hydroxylation is 3. The number of carbonyl (C=O) groups excluding carboxylic acids is 1. The van der Waals surface area contributed by atoms with Crippen LogP contribution in [-0.4, -0.2) is 28.8 Å². The molecule has 0 radical (unpaired) electrons. The molecule has 0 unspecified atom stereocenters. The van der Waals surface area contributed by atoms with Gasteiger partial charge in [0.1, 0.15) is 18.1 Å². The fraction of sp³-hybridized carbons (Fsp3) is 0.353. The monoisotopic (exact) mass is 315 g/mol. The second-order valence-corrected chi connectivity index (χ2v) is 5.30. The molecule has 23 heavy (non-hydrogen) atoms. The van der Waals surface area contributed by atoms with E-state index in [1.807, 2.05) is 26.0 Å². The average molecular weight is 315 g/mol. The summed E-state index contributed by atoms with van der Waals surface area (Å²) >= 11 is 0. The van der Waals surface area contributed by atoms with Crippen molar-refractivity contribution < 1.29 is 9.53 Å². The minimum atomic E-state index is -0.323. The Bertz CT molecular complexity index is 733. The third-order valence-electron chi connectivity index (χ3n) is 3.25. The summed E-state index contributed by atoms with van der Waals surface area (Å²) in [6.45, 7) is 6.97. The summed E-state index contributed by atoms with van der Waals surface area (Å²) in [6.07, 6.45) is 0. The zero-order valence-electron chi connectivity index (χ0n) is 13.6. The highest BCUT2D eigenvalue weighted by atomic mass is 16.5. The quantitative estimate of drug-likeness (QED) is 0.823. The Hall–Kier alpha value is -2.63. The van der Waals surface area contributed by atoms with Gasteiger partial charge in [-0.2, -0.15) is 5.10 Å². The number of nitrogens with zero attached hydrogens (tertiary/aromatic N) is 2. The average Bonchev–Trinajstić information content (AvgIpc) is 2.51. The number of hydrogen-bond donors (Lipinski definition) is 1. The first-order valence-electron chi connectivity index (χ1n) is 7.57. The van der Waals surface area contributed by atoms with Gasteiger partial charge in [-0.1, -0.05) is 6.07 Å². The molecule has 1 amide bonds. The van der Waals surface area contributed by atoms with Gasteiger partial charge < -0.3 is 10.1 Å². The van der Waals surface area contributed by atoms with E-state index in [2.05, 4.69) is 16.5 Å². The van der Waals surface area contributed by atoms with Crippen molar-refractivity contribution in [2.45, 2.75) is 27.3 Å². The van der Waals surface area contributed by atoms with Gasteiger partial charge in [0.15, 0.2) is 0 Å². The van der Waals surface area contributed by atoms with Gasteiger partial charge >= 0.3 is 0 Å². The zero-order chi connectivity index (χ0) is 16.8. The van der Waals surface area contributed by atoms with E-state index in [-0.39, 0.29) is 17.2 Å². The van der Waals surface area contributed by atoms with Crippen molar-refractivity contribution in [3.8, 4) is 5.75 Å². The van der Waals surface area contributed by atoms with Gasteiger partial charge in [-0.05, 0) is 50.1 Å². The second kappa shape index (κ2) is 7.58. The Morgan fingerprint density at radius 2 is 1.91 bits per heavy atom. The molecule has 1 N–H and O–H groups in total. The Morgan fingerprint density at radius 3 is 2.57 bits per heavy atom. The van der Waals surface area contributed by atoms with Gasteiger partial charge in [0.2, 0.25) is 0 Å². The molecular formula is C17H21N3O3. The predicted octanol–water partition coefficient (Wildman–Crippen LogP) is 1.69. The van der Waals surface area contributed by atoms with E-state index in [9.17, 15) is 9.59 Å². The van der Waals surface area contributed by atoms with Gasteiger partial charge in [0, 0.05) is 12.6 Å². The number of aromatic nitrogens is 2. The Kier molecular flexibility index (Phi) is 5.51. The van der Waals surface area contributed by atoms with Crippen LogP contribution in [0.15, 0.2) is 35.1 Å². The number of rotatable bonds is 6. The van der Waals surface area contributed by atoms with Crippen molar-refractivity contribution in [1.82, 2.24) is 15.1 Å². The summed E-state index contributed by atoms with van der Waals surface area (Å²) in [7, 11) is 0. The SMILES string of the molecule is CCn1nc(C(=O)NCCOc2cc(C)cc(C)c2)ccc1=O. The summed E-state index contributed by atoms with van der Waals surface area (Å²) < 4.78 is 6.88. The van der Waals surface area contributed by atoms with Crippen LogP contribution < -0.4 is 15.6 Å². The summed E-state index contributed by atoms with van der Waals surface area (Å²) in [4.78, 5) is 23.4. The normalized spacial score (nSPS) is 10.4. The van der Waals surface area contributed by atoms with Crippen molar-refractivity contribution in [1.29, 1.82) is 0 Å². The Morgan fingerprint density at radius 1 is 1.22 bits per heavy atom. The minimum absolute atomic E-state index is 0.220. The maximum absolute atomic E-state index is 12.0. The molecule has 0 saturated carbocycles. The van der Waals surface area contributed by atoms with Crippen molar-refractivity contribution in [3.63, 3.8) is 0 Å². The highest BCUT2D eigenvalue weighted by Crippen LogP contribution is 2.15. The van der Waals surface area contributed by atoms with E-state index in [0.29, 0.717) is 19.7 Å². The molecule has 6 nitrogen and oxygen atoms in total. The maximum atomic E-state index is 12.0. The fourth-order valence-electron chi connectivity index (χ4n) is 2.24. The molecular weight excluding hydrogens is 294 g/mol. The van der Waals surface area contributed by atoms with Crippen LogP contribution in [0.3, 0.4) is 0 Å². The molecule has 6 heteroatoms. The molecule has 2 aromatic rings. The molecule has 0 bridgehead atoms. The van der Waals surface area contributed by atoms with Gasteiger partial charge in [0.25, 0.3) is 11.5 Å². The molecule has 0 aliphatic heterocycles. The van der Waals surface area contributed by atoms with Crippen LogP contribution in [-0.2, 0) is 6.54 Å². The molecule has 1 aromatic carbocycles. The lowest BCUT2D eigenvalue weighted by Gasteiger charge is -2.09. The van der Waals surface area contributed by atoms with E-state index >= 15 is 0 Å². The van der Waals surface area contributed by atoms with Gasteiger partial charge in [-0.25, -0.2) is 4.68 Å². The van der Waals surface area contributed by atoms with Gasteiger partial charge in [-0.15, -0.1) is 0 Å². The van der Waals surface area contributed by atoms with Crippen LogP contribution in [0.5, 0.6) is 5.75 Å². The third kappa shape index (κ3) is 4.67. The highest BCUT2D eigenvalue weighted by molar-refractivity contribution is 5.91. The Balaban J connectivity index is 1.86. The summed E-state index contributed by atoms with van der Waals surface area (Å²) in [6, 6.07) is 8.75. The standard InChI is InChI=1S/C17H21N3O3/c1-4-20-16(21)6-5-15(19-20)17(22)18-7-8-23-14-10-12(2)9-13(3)11-14/h5-6,9-11H,4,7-8H2,1-3H3,(H,18,22). The van der Waals surface area contributed by atoms with E-state index in [4.69, 9.17) is 4.74 Å². The van der Waals surface area contributed by atoms with E-state index < -0.39 is 0 Å². The van der Waals surface area contributed by atoms with Crippen LogP contribution >= 0.6 is 0 Å². The lowest BCUT2D eigenvalue weighted by atomic mass is 10.1. The van der Waals surface area contributed by atoms with Gasteiger partial charge in [0.05, 0.1) is 6.54 Å². The summed E-state index contributed by atoms with van der Waals surface area (Å²) in [5.74, 6) is 0.464. The first-order chi connectivity index (χ1) is 11.0. The number of nitrogens with one attached hydrogen (secondary N) is 1. The number of amides is 1. The van der Waals surface area contributed by atoms with Crippen molar-refractivity contribution in [2.75, 3.05) is 13.2 Å². The lowest BCUT2D eigenvalue weighted by molar-refractivity contribution is 0.0939. The number of benzene rings is 1. The molecule has 0 aliphatic carbocycles. The number of hydrogen-bond acceptors (Lipinski definition) is 4. The number of ether oxygens (including phenoxy) is 1. The van der Waals surface area contributed by atoms with Crippen LogP contribution in [0.4, 0.5) is 0 Å². The Labute approximate surface area is 135 Å². The van der Waals surface area contributed by atoms with Crippen molar-refractivity contribution >= 4 is 5.91 Å². The van der Waals surface area contributed by atoms with E-state index in [1.54, 1.807) is 6.92 Å². The maximum Gasteiger partial charge on any atom is 0.271 e. The van der Waals surface area contributed by atoms with Crippen LogP contribution in [0.25, 0.3) is 0 Å². The second-order valence-electron chi connectivity index (χ2n) is 5.30. The first kappa shape index (κ1) is 16.7. The molecule has 0 saturated heterocycles. The first-order valence-corrected chi connectivity index (χ1v) is 7.57. The van der Waals surface area contributed by atoms with E-state index in [1.165, 1.54) is 16.8 Å². The predicted molar refractivity (Wildman–Crippen MR) is 87.9 cm³/mol. The van der Waals surface area contributed by atoms with Crippen LogP contribution in [0, 0.1) is 13.8 Å². The molecule has 122 valence electrons. The molecule has 0 aliphatic rings. The van der Waals surface area contributed by atoms with Crippen molar-refractivity contribution in [2.24, 2.45) is 0 Å². The topological polar surface area (TPSA) is 73.2 Å². The molecule has 1 aromatic heterocycles. The zero-order valence-corrected chi connectivity index (χ0v) is 13.6. The lowest BCUT2D eigenvalue weighted by Crippen LogP contribution is -2.31. The van der Waals surface area contributed by atoms with E-state index in [0.717, 1.165) is 16.9 Å². The number of carbonyl (C=O) groups is 1. The summed E-state index contributed by atoms with van der Waals surface area (Å²) in [5.41, 5.74) is 2.27. The smallest absolute Gasteiger partial charge is 0.271 e. The van der Waals surface area contributed by atoms with Crippen LogP contribution in [0.1, 0.15) is 28.5 Å². The third-order valence-corrected chi connectivity index (χ3v) is 3.25. The van der Waals surface area contributed by atoms with Crippen molar-refractivity contribution in [3.05, 3.63) is 57.5 Å². The molecule has 1 heterocycles. The summed E-state index contributed by atoms with van der Waals surface area (Å²) in [5, 5.41) is 6.73. The minimum Gasteiger partial charge on any atom is -0.492 e. The molecule has 0 fully saturated rings. The molecule has 0 spiro atoms. The largest absolute Gasteiger partial charge is 0.492 e. The molecule has 0 atom stereocenters. The van der Waals surface area contributed by atoms with Gasteiger partial charge in [-0.3, -0.25) is 9.59 Å². The molecule has 2 rings (SSSR count).